The number of para-hydroxylation sites is 1. The van der Waals surface area contributed by atoms with Gasteiger partial charge in [0.15, 0.2) is 0 Å². The number of carbonyl (C=O) groups is 2. The monoisotopic (exact) mass is 303 g/mol. The van der Waals surface area contributed by atoms with Crippen LogP contribution in [0.3, 0.4) is 0 Å². The number of halogens is 1. The summed E-state index contributed by atoms with van der Waals surface area (Å²) in [5, 5.41) is 9.39. The number of amides is 1. The highest BCUT2D eigenvalue weighted by molar-refractivity contribution is 6.30. The summed E-state index contributed by atoms with van der Waals surface area (Å²) in [5.74, 6) is -1.20. The summed E-state index contributed by atoms with van der Waals surface area (Å²) in [4.78, 5) is 24.8. The summed E-state index contributed by atoms with van der Waals surface area (Å²) in [5.41, 5.74) is 1.13. The van der Waals surface area contributed by atoms with Crippen LogP contribution in [0, 0.1) is 0 Å². The average molecular weight is 304 g/mol. The molecule has 4 nitrogen and oxygen atoms in total. The molecule has 0 bridgehead atoms. The number of carboxylic acid groups (broad SMARTS) is 1. The van der Waals surface area contributed by atoms with Crippen LogP contribution in [0.15, 0.2) is 54.6 Å². The third kappa shape index (κ3) is 4.07. The van der Waals surface area contributed by atoms with Crippen LogP contribution in [0.5, 0.6) is 0 Å². The molecule has 0 aliphatic carbocycles. The van der Waals surface area contributed by atoms with E-state index in [1.165, 1.54) is 4.90 Å². The van der Waals surface area contributed by atoms with Gasteiger partial charge < -0.3 is 10.0 Å². The maximum absolute atomic E-state index is 12.6. The molecule has 2 aromatic rings. The molecule has 0 aliphatic heterocycles. The zero-order valence-corrected chi connectivity index (χ0v) is 12.0. The molecule has 5 heteroatoms. The van der Waals surface area contributed by atoms with Gasteiger partial charge in [0.2, 0.25) is 0 Å². The van der Waals surface area contributed by atoms with Gasteiger partial charge in [-0.1, -0.05) is 29.8 Å². The molecule has 0 saturated heterocycles. The molecule has 1 amide bonds. The zero-order valence-electron chi connectivity index (χ0n) is 11.2. The van der Waals surface area contributed by atoms with Gasteiger partial charge in [-0.25, -0.2) is 0 Å². The van der Waals surface area contributed by atoms with Gasteiger partial charge in [-0.15, -0.1) is 0 Å². The predicted octanol–water partition coefficient (Wildman–Crippen LogP) is 3.46. The van der Waals surface area contributed by atoms with E-state index in [1.54, 1.807) is 48.5 Å². The van der Waals surface area contributed by atoms with Gasteiger partial charge in [0, 0.05) is 22.8 Å². The van der Waals surface area contributed by atoms with Gasteiger partial charge >= 0.3 is 5.97 Å². The predicted molar refractivity (Wildman–Crippen MR) is 81.8 cm³/mol. The molecule has 0 fully saturated rings. The fourth-order valence-electron chi connectivity index (χ4n) is 1.91. The molecule has 21 heavy (non-hydrogen) atoms. The van der Waals surface area contributed by atoms with Crippen molar-refractivity contribution in [1.29, 1.82) is 0 Å². The Bertz CT molecular complexity index is 626. The van der Waals surface area contributed by atoms with E-state index < -0.39 is 5.97 Å². The minimum atomic E-state index is -0.945. The van der Waals surface area contributed by atoms with E-state index in [0.29, 0.717) is 16.3 Å². The van der Waals surface area contributed by atoms with Gasteiger partial charge in [0.25, 0.3) is 5.91 Å². The Hall–Kier alpha value is -2.33. The Morgan fingerprint density at radius 2 is 1.62 bits per heavy atom. The molecule has 0 atom stereocenters. The smallest absolute Gasteiger partial charge is 0.305 e. The third-order valence-electron chi connectivity index (χ3n) is 2.95. The molecule has 2 aromatic carbocycles. The van der Waals surface area contributed by atoms with Gasteiger partial charge in [0.1, 0.15) is 0 Å². The Labute approximate surface area is 127 Å². The average Bonchev–Trinajstić information content (AvgIpc) is 2.49. The second-order valence-corrected chi connectivity index (χ2v) is 4.88. The molecule has 2 rings (SSSR count). The highest BCUT2D eigenvalue weighted by Gasteiger charge is 2.18. The van der Waals surface area contributed by atoms with Crippen molar-refractivity contribution in [2.75, 3.05) is 11.4 Å². The Morgan fingerprint density at radius 1 is 1.00 bits per heavy atom. The summed E-state index contributed by atoms with van der Waals surface area (Å²) in [6.45, 7) is 0.112. The van der Waals surface area contributed by atoms with E-state index >= 15 is 0 Å². The molecular formula is C16H14ClNO3. The van der Waals surface area contributed by atoms with Crippen LogP contribution in [-0.2, 0) is 4.79 Å². The first-order valence-electron chi connectivity index (χ1n) is 6.42. The Balaban J connectivity index is 2.28. The van der Waals surface area contributed by atoms with Crippen molar-refractivity contribution in [3.05, 3.63) is 65.2 Å². The number of hydrogen-bond acceptors (Lipinski definition) is 2. The molecular weight excluding hydrogens is 290 g/mol. The molecule has 1 N–H and O–H groups in total. The van der Waals surface area contributed by atoms with E-state index in [9.17, 15) is 9.59 Å². The van der Waals surface area contributed by atoms with Gasteiger partial charge in [-0.2, -0.15) is 0 Å². The topological polar surface area (TPSA) is 57.6 Å². The second-order valence-electron chi connectivity index (χ2n) is 4.44. The van der Waals surface area contributed by atoms with Crippen molar-refractivity contribution < 1.29 is 14.7 Å². The van der Waals surface area contributed by atoms with Crippen molar-refractivity contribution in [1.82, 2.24) is 0 Å². The van der Waals surface area contributed by atoms with Gasteiger partial charge in [0.05, 0.1) is 6.42 Å². The molecule has 0 spiro atoms. The summed E-state index contributed by atoms with van der Waals surface area (Å²) in [6, 6.07) is 15.5. The molecule has 0 radical (unpaired) electrons. The SMILES string of the molecule is O=C(O)CCN(C(=O)c1ccc(Cl)cc1)c1ccccc1. The Kier molecular flexibility index (Phi) is 4.95. The van der Waals surface area contributed by atoms with Crippen LogP contribution < -0.4 is 4.90 Å². The lowest BCUT2D eigenvalue weighted by Gasteiger charge is -2.22. The van der Waals surface area contributed by atoms with Crippen LogP contribution in [-0.4, -0.2) is 23.5 Å². The van der Waals surface area contributed by atoms with Crippen LogP contribution in [0.2, 0.25) is 5.02 Å². The van der Waals surface area contributed by atoms with Crippen LogP contribution in [0.1, 0.15) is 16.8 Å². The number of nitrogens with zero attached hydrogens (tertiary/aromatic N) is 1. The maximum atomic E-state index is 12.6. The summed E-state index contributed by atoms with van der Waals surface area (Å²) >= 11 is 5.81. The lowest BCUT2D eigenvalue weighted by molar-refractivity contribution is -0.136. The van der Waals surface area contributed by atoms with E-state index in [1.807, 2.05) is 6.07 Å². The number of anilines is 1. The summed E-state index contributed by atoms with van der Waals surface area (Å²) in [7, 11) is 0. The lowest BCUT2D eigenvalue weighted by atomic mass is 10.1. The first-order valence-corrected chi connectivity index (χ1v) is 6.80. The quantitative estimate of drug-likeness (QED) is 0.920. The molecule has 0 aromatic heterocycles. The number of hydrogen-bond donors (Lipinski definition) is 1. The first kappa shape index (κ1) is 15.1. The van der Waals surface area contributed by atoms with Crippen molar-refractivity contribution >= 4 is 29.2 Å². The maximum Gasteiger partial charge on any atom is 0.305 e. The number of carboxylic acids is 1. The zero-order chi connectivity index (χ0) is 15.2. The van der Waals surface area contributed by atoms with E-state index in [4.69, 9.17) is 16.7 Å². The molecule has 0 saturated carbocycles. The van der Waals surface area contributed by atoms with E-state index in [2.05, 4.69) is 0 Å². The highest BCUT2D eigenvalue weighted by atomic mass is 35.5. The van der Waals surface area contributed by atoms with Crippen molar-refractivity contribution in [3.63, 3.8) is 0 Å². The number of rotatable bonds is 5. The fraction of sp³-hybridized carbons (Fsp3) is 0.125. The van der Waals surface area contributed by atoms with Crippen LogP contribution in [0.4, 0.5) is 5.69 Å². The van der Waals surface area contributed by atoms with Crippen LogP contribution >= 0.6 is 11.6 Å². The number of aliphatic carboxylic acids is 1. The lowest BCUT2D eigenvalue weighted by Crippen LogP contribution is -2.33. The standard InChI is InChI=1S/C16H14ClNO3/c17-13-8-6-12(7-9-13)16(21)18(11-10-15(19)20)14-4-2-1-3-5-14/h1-9H,10-11H2,(H,19,20). The van der Waals surface area contributed by atoms with Crippen molar-refractivity contribution in [2.45, 2.75) is 6.42 Å². The molecule has 0 aliphatic rings. The van der Waals surface area contributed by atoms with Gasteiger partial charge in [-0.3, -0.25) is 9.59 Å². The third-order valence-corrected chi connectivity index (χ3v) is 3.21. The van der Waals surface area contributed by atoms with Crippen molar-refractivity contribution in [2.24, 2.45) is 0 Å². The van der Waals surface area contributed by atoms with Gasteiger partial charge in [-0.05, 0) is 36.4 Å². The summed E-state index contributed by atoms with van der Waals surface area (Å²) < 4.78 is 0. The minimum Gasteiger partial charge on any atom is -0.481 e. The van der Waals surface area contributed by atoms with E-state index in [0.717, 1.165) is 0 Å². The molecule has 108 valence electrons. The van der Waals surface area contributed by atoms with E-state index in [-0.39, 0.29) is 18.9 Å². The first-order chi connectivity index (χ1) is 10.1. The fourth-order valence-corrected chi connectivity index (χ4v) is 2.04. The number of benzene rings is 2. The second kappa shape index (κ2) is 6.90. The summed E-state index contributed by atoms with van der Waals surface area (Å²) in [6.07, 6.45) is -0.117. The largest absolute Gasteiger partial charge is 0.481 e. The normalized spacial score (nSPS) is 10.1. The minimum absolute atomic E-state index is 0.112. The van der Waals surface area contributed by atoms with Crippen molar-refractivity contribution in [3.8, 4) is 0 Å². The van der Waals surface area contributed by atoms with Crippen LogP contribution in [0.25, 0.3) is 0 Å². The Morgan fingerprint density at radius 3 is 2.19 bits per heavy atom. The molecule has 0 heterocycles. The molecule has 0 unspecified atom stereocenters. The highest BCUT2D eigenvalue weighted by Crippen LogP contribution is 2.18. The number of carbonyl (C=O) groups excluding carboxylic acids is 1.